The van der Waals surface area contributed by atoms with Crippen LogP contribution in [0.1, 0.15) is 20.1 Å². The van der Waals surface area contributed by atoms with Crippen LogP contribution in [0.4, 0.5) is 11.4 Å². The number of nitrogens with one attached hydrogen (secondary N) is 1. The number of hydrogen-bond acceptors (Lipinski definition) is 4. The van der Waals surface area contributed by atoms with E-state index in [2.05, 4.69) is 5.32 Å². The molecule has 0 saturated carbocycles. The molecule has 3 aromatic rings. The predicted molar refractivity (Wildman–Crippen MR) is 110 cm³/mol. The number of benzene rings is 2. The van der Waals surface area contributed by atoms with Gasteiger partial charge in [0.25, 0.3) is 15.9 Å². The first-order valence-electron chi connectivity index (χ1n) is 8.31. The smallest absolute Gasteiger partial charge is 0.265 e. The van der Waals surface area contributed by atoms with Crippen molar-refractivity contribution < 1.29 is 13.2 Å². The van der Waals surface area contributed by atoms with Crippen molar-refractivity contribution in [3.63, 3.8) is 0 Å². The quantitative estimate of drug-likeness (QED) is 0.688. The normalized spacial score (nSPS) is 11.2. The van der Waals surface area contributed by atoms with E-state index in [1.807, 2.05) is 26.0 Å². The molecule has 1 N–H and O–H groups in total. The maximum Gasteiger partial charge on any atom is 0.265 e. The van der Waals surface area contributed by atoms with Crippen molar-refractivity contribution in [2.24, 2.45) is 0 Å². The number of anilines is 2. The minimum atomic E-state index is -3.73. The molecule has 7 heteroatoms. The summed E-state index contributed by atoms with van der Waals surface area (Å²) in [5.41, 5.74) is 2.06. The van der Waals surface area contributed by atoms with Crippen LogP contribution in [0.25, 0.3) is 0 Å². The van der Waals surface area contributed by atoms with Crippen LogP contribution in [0.2, 0.25) is 0 Å². The Kier molecular flexibility index (Phi) is 5.34. The second-order valence-corrected chi connectivity index (χ2v) is 9.37. The van der Waals surface area contributed by atoms with E-state index in [0.717, 1.165) is 10.4 Å². The highest BCUT2D eigenvalue weighted by Gasteiger charge is 2.22. The first-order valence-corrected chi connectivity index (χ1v) is 10.6. The van der Waals surface area contributed by atoms with Crippen LogP contribution in [0.3, 0.4) is 0 Å². The number of rotatable bonds is 5. The van der Waals surface area contributed by atoms with Gasteiger partial charge in [-0.1, -0.05) is 24.3 Å². The zero-order valence-corrected chi connectivity index (χ0v) is 16.9. The lowest BCUT2D eigenvalue weighted by atomic mass is 10.2. The molecule has 0 aliphatic rings. The van der Waals surface area contributed by atoms with Gasteiger partial charge in [-0.15, -0.1) is 11.3 Å². The van der Waals surface area contributed by atoms with Crippen LogP contribution in [0, 0.1) is 13.8 Å². The maximum atomic E-state index is 12.9. The first-order chi connectivity index (χ1) is 12.8. The van der Waals surface area contributed by atoms with Gasteiger partial charge in [-0.05, 0) is 55.8 Å². The number of para-hydroxylation sites is 1. The molecule has 0 radical (unpaired) electrons. The number of nitrogens with zero attached hydrogens (tertiary/aromatic N) is 1. The van der Waals surface area contributed by atoms with Gasteiger partial charge in [0.1, 0.15) is 0 Å². The summed E-state index contributed by atoms with van der Waals surface area (Å²) in [4.78, 5) is 14.2. The van der Waals surface area contributed by atoms with Gasteiger partial charge in [-0.3, -0.25) is 9.10 Å². The number of aryl methyl sites for hydroxylation is 2. The Hall–Kier alpha value is -2.64. The molecule has 1 amide bonds. The van der Waals surface area contributed by atoms with Crippen LogP contribution in [0.5, 0.6) is 0 Å². The predicted octanol–water partition coefficient (Wildman–Crippen LogP) is 4.44. The Morgan fingerprint density at radius 2 is 1.70 bits per heavy atom. The largest absolute Gasteiger partial charge is 0.321 e. The summed E-state index contributed by atoms with van der Waals surface area (Å²) < 4.78 is 27.0. The van der Waals surface area contributed by atoms with Gasteiger partial charge in [0.2, 0.25) is 0 Å². The molecule has 0 unspecified atom stereocenters. The van der Waals surface area contributed by atoms with Crippen LogP contribution >= 0.6 is 11.3 Å². The van der Waals surface area contributed by atoms with Crippen molar-refractivity contribution in [3.05, 3.63) is 76.0 Å². The van der Waals surface area contributed by atoms with Gasteiger partial charge in [0.05, 0.1) is 15.5 Å². The van der Waals surface area contributed by atoms with Crippen LogP contribution in [-0.2, 0) is 10.0 Å². The van der Waals surface area contributed by atoms with E-state index in [1.54, 1.807) is 36.4 Å². The van der Waals surface area contributed by atoms with Crippen molar-refractivity contribution in [1.29, 1.82) is 0 Å². The third-order valence-electron chi connectivity index (χ3n) is 4.26. The summed E-state index contributed by atoms with van der Waals surface area (Å²) in [6, 6.07) is 17.0. The van der Waals surface area contributed by atoms with E-state index in [1.165, 1.54) is 34.8 Å². The molecule has 0 bridgehead atoms. The minimum Gasteiger partial charge on any atom is -0.321 e. The number of carbonyl (C=O) groups is 1. The fourth-order valence-electron chi connectivity index (χ4n) is 2.55. The summed E-state index contributed by atoms with van der Waals surface area (Å²) in [5, 5.41) is 2.78. The fourth-order valence-corrected chi connectivity index (χ4v) is 4.72. The minimum absolute atomic E-state index is 0.116. The lowest BCUT2D eigenvalue weighted by molar-refractivity contribution is 0.103. The highest BCUT2D eigenvalue weighted by Crippen LogP contribution is 2.25. The van der Waals surface area contributed by atoms with Crippen LogP contribution in [-0.4, -0.2) is 21.4 Å². The third kappa shape index (κ3) is 4.04. The van der Waals surface area contributed by atoms with Crippen LogP contribution in [0.15, 0.2) is 65.6 Å². The van der Waals surface area contributed by atoms with Crippen molar-refractivity contribution in [2.45, 2.75) is 18.7 Å². The summed E-state index contributed by atoms with van der Waals surface area (Å²) >= 11 is 1.42. The second kappa shape index (κ2) is 7.54. The average Bonchev–Trinajstić information content (AvgIpc) is 3.01. The molecule has 3 rings (SSSR count). The van der Waals surface area contributed by atoms with Gasteiger partial charge in [0.15, 0.2) is 0 Å². The molecule has 2 aromatic carbocycles. The molecule has 1 aromatic heterocycles. The molecule has 140 valence electrons. The van der Waals surface area contributed by atoms with Crippen molar-refractivity contribution in [1.82, 2.24) is 0 Å². The van der Waals surface area contributed by atoms with Gasteiger partial charge in [-0.25, -0.2) is 8.42 Å². The zero-order valence-electron chi connectivity index (χ0n) is 15.3. The standard InChI is InChI=1S/C20H20N2O3S2/c1-14-12-19(26-15(14)2)20(23)21-16-8-7-11-18(13-16)27(24,25)22(3)17-9-5-4-6-10-17/h4-13H,1-3H3,(H,21,23). The van der Waals surface area contributed by atoms with Crippen LogP contribution < -0.4 is 9.62 Å². The summed E-state index contributed by atoms with van der Waals surface area (Å²) in [5.74, 6) is -0.248. The molecule has 27 heavy (non-hydrogen) atoms. The maximum absolute atomic E-state index is 12.9. The van der Waals surface area contributed by atoms with Gasteiger partial charge < -0.3 is 5.32 Å². The van der Waals surface area contributed by atoms with E-state index in [-0.39, 0.29) is 10.8 Å². The second-order valence-electron chi connectivity index (χ2n) is 6.14. The first kappa shape index (κ1) is 19.1. The topological polar surface area (TPSA) is 66.5 Å². The number of carbonyl (C=O) groups excluding carboxylic acids is 1. The summed E-state index contributed by atoms with van der Waals surface area (Å²) in [6.07, 6.45) is 0. The zero-order chi connectivity index (χ0) is 19.6. The Balaban J connectivity index is 1.85. The Labute approximate surface area is 163 Å². The van der Waals surface area contributed by atoms with E-state index >= 15 is 0 Å². The van der Waals surface area contributed by atoms with E-state index in [4.69, 9.17) is 0 Å². The molecule has 0 fully saturated rings. The Morgan fingerprint density at radius 3 is 2.33 bits per heavy atom. The van der Waals surface area contributed by atoms with Crippen molar-refractivity contribution in [3.8, 4) is 0 Å². The van der Waals surface area contributed by atoms with Gasteiger partial charge in [0, 0.05) is 17.6 Å². The number of thiophene rings is 1. The van der Waals surface area contributed by atoms with E-state index < -0.39 is 10.0 Å². The van der Waals surface area contributed by atoms with Crippen molar-refractivity contribution in [2.75, 3.05) is 16.7 Å². The summed E-state index contributed by atoms with van der Waals surface area (Å²) in [6.45, 7) is 3.92. The molecule has 0 aliphatic heterocycles. The SMILES string of the molecule is Cc1cc(C(=O)Nc2cccc(S(=O)(=O)N(C)c3ccccc3)c2)sc1C. The third-order valence-corrected chi connectivity index (χ3v) is 7.19. The molecule has 0 atom stereocenters. The molecule has 5 nitrogen and oxygen atoms in total. The highest BCUT2D eigenvalue weighted by atomic mass is 32.2. The Bertz CT molecular complexity index is 1050. The molecule has 0 spiro atoms. The molecule has 1 heterocycles. The number of sulfonamides is 1. The number of hydrogen-bond donors (Lipinski definition) is 1. The number of amides is 1. The average molecular weight is 401 g/mol. The molecular formula is C20H20N2O3S2. The van der Waals surface area contributed by atoms with Gasteiger partial charge >= 0.3 is 0 Å². The van der Waals surface area contributed by atoms with E-state index in [9.17, 15) is 13.2 Å². The molecular weight excluding hydrogens is 380 g/mol. The monoisotopic (exact) mass is 400 g/mol. The lowest BCUT2D eigenvalue weighted by Gasteiger charge is -2.19. The molecule has 0 aliphatic carbocycles. The van der Waals surface area contributed by atoms with E-state index in [0.29, 0.717) is 16.3 Å². The highest BCUT2D eigenvalue weighted by molar-refractivity contribution is 7.92. The lowest BCUT2D eigenvalue weighted by Crippen LogP contribution is -2.26. The molecule has 0 saturated heterocycles. The van der Waals surface area contributed by atoms with Gasteiger partial charge in [-0.2, -0.15) is 0 Å². The van der Waals surface area contributed by atoms with Crippen molar-refractivity contribution >= 4 is 38.6 Å². The summed E-state index contributed by atoms with van der Waals surface area (Å²) in [7, 11) is -2.23. The Morgan fingerprint density at radius 1 is 1.00 bits per heavy atom. The fraction of sp³-hybridized carbons (Fsp3) is 0.150.